The minimum absolute atomic E-state index is 0.304. The first kappa shape index (κ1) is 15.8. The van der Waals surface area contributed by atoms with Gasteiger partial charge in [-0.15, -0.1) is 0 Å². The predicted octanol–water partition coefficient (Wildman–Crippen LogP) is 4.61. The highest BCUT2D eigenvalue weighted by Gasteiger charge is 2.33. The summed E-state index contributed by atoms with van der Waals surface area (Å²) in [5.74, 6) is 1.84. The van der Waals surface area contributed by atoms with E-state index in [0.29, 0.717) is 12.6 Å². The van der Waals surface area contributed by atoms with Crippen LogP contribution in [-0.4, -0.2) is 24.5 Å². The van der Waals surface area contributed by atoms with Gasteiger partial charge < -0.3 is 5.73 Å². The first-order valence-corrected chi connectivity index (χ1v) is 9.25. The second-order valence-corrected chi connectivity index (χ2v) is 7.77. The Kier molecular flexibility index (Phi) is 5.26. The summed E-state index contributed by atoms with van der Waals surface area (Å²) in [6, 6.07) is 6.56. The average Bonchev–Trinajstić information content (AvgIpc) is 2.51. The number of hydrogen-bond acceptors (Lipinski definition) is 2. The van der Waals surface area contributed by atoms with E-state index >= 15 is 0 Å². The lowest BCUT2D eigenvalue weighted by molar-refractivity contribution is 0.0586. The Labute approximate surface area is 141 Å². The first-order chi connectivity index (χ1) is 10.2. The second kappa shape index (κ2) is 6.99. The molecule has 0 spiro atoms. The zero-order valence-electron chi connectivity index (χ0n) is 12.4. The van der Waals surface area contributed by atoms with Crippen LogP contribution in [0.3, 0.4) is 0 Å². The smallest absolute Gasteiger partial charge is 0.0551 e. The summed E-state index contributed by atoms with van der Waals surface area (Å²) in [5, 5.41) is 0.776. The molecule has 21 heavy (non-hydrogen) atoms. The average molecular weight is 372 g/mol. The van der Waals surface area contributed by atoms with Gasteiger partial charge in [-0.05, 0) is 64.8 Å². The van der Waals surface area contributed by atoms with Crippen LogP contribution in [0.25, 0.3) is 0 Å². The van der Waals surface area contributed by atoms with Gasteiger partial charge in [0.05, 0.1) is 5.02 Å². The van der Waals surface area contributed by atoms with Crippen LogP contribution in [0.2, 0.25) is 5.02 Å². The lowest BCUT2D eigenvalue weighted by Gasteiger charge is -2.44. The maximum atomic E-state index is 6.26. The Balaban J connectivity index is 1.75. The molecule has 4 heteroatoms. The van der Waals surface area contributed by atoms with Gasteiger partial charge in [-0.1, -0.05) is 36.9 Å². The van der Waals surface area contributed by atoms with Crippen molar-refractivity contribution in [2.75, 3.05) is 19.6 Å². The van der Waals surface area contributed by atoms with Crippen molar-refractivity contribution in [3.05, 3.63) is 33.3 Å². The van der Waals surface area contributed by atoms with Crippen molar-refractivity contribution in [1.82, 2.24) is 4.90 Å². The van der Waals surface area contributed by atoms with E-state index in [4.69, 9.17) is 17.3 Å². The molecule has 0 radical (unpaired) electrons. The lowest BCUT2D eigenvalue weighted by Crippen LogP contribution is -2.45. The summed E-state index contributed by atoms with van der Waals surface area (Å²) < 4.78 is 0.953. The van der Waals surface area contributed by atoms with Gasteiger partial charge in [-0.2, -0.15) is 0 Å². The summed E-state index contributed by atoms with van der Waals surface area (Å²) in [5.41, 5.74) is 7.35. The van der Waals surface area contributed by atoms with Crippen molar-refractivity contribution in [2.24, 2.45) is 17.6 Å². The topological polar surface area (TPSA) is 29.3 Å². The first-order valence-electron chi connectivity index (χ1n) is 8.08. The third-order valence-electron chi connectivity index (χ3n) is 5.32. The van der Waals surface area contributed by atoms with Gasteiger partial charge in [0, 0.05) is 23.6 Å². The van der Waals surface area contributed by atoms with Gasteiger partial charge in [0.25, 0.3) is 0 Å². The number of nitrogens with zero attached hydrogens (tertiary/aromatic N) is 1. The highest BCUT2D eigenvalue weighted by atomic mass is 79.9. The van der Waals surface area contributed by atoms with Gasteiger partial charge in [-0.3, -0.25) is 4.90 Å². The maximum absolute atomic E-state index is 6.26. The molecular weight excluding hydrogens is 348 g/mol. The monoisotopic (exact) mass is 370 g/mol. The molecule has 3 atom stereocenters. The number of likely N-dealkylation sites (tertiary alicyclic amines) is 1. The number of piperidine rings is 1. The molecule has 3 rings (SSSR count). The maximum Gasteiger partial charge on any atom is 0.0551 e. The standard InChI is InChI=1S/C17H24BrClN2/c18-15-6-5-13(9-16(15)19)17(10-20)21-8-7-12-3-1-2-4-14(12)11-21/h5-6,9,12,14,17H,1-4,7-8,10-11,20H2. The molecule has 2 aliphatic rings. The molecule has 3 unspecified atom stereocenters. The van der Waals surface area contributed by atoms with E-state index < -0.39 is 0 Å². The van der Waals surface area contributed by atoms with E-state index in [1.54, 1.807) is 0 Å². The summed E-state index contributed by atoms with van der Waals surface area (Å²) in [6.07, 6.45) is 7.02. The van der Waals surface area contributed by atoms with E-state index in [9.17, 15) is 0 Å². The van der Waals surface area contributed by atoms with E-state index in [-0.39, 0.29) is 0 Å². The van der Waals surface area contributed by atoms with Gasteiger partial charge >= 0.3 is 0 Å². The molecule has 1 aliphatic heterocycles. The van der Waals surface area contributed by atoms with Crippen molar-refractivity contribution in [1.29, 1.82) is 0 Å². The molecule has 1 heterocycles. The van der Waals surface area contributed by atoms with E-state index in [1.165, 1.54) is 50.8 Å². The van der Waals surface area contributed by atoms with Crippen LogP contribution < -0.4 is 5.73 Å². The Hall–Kier alpha value is -0.0900. The van der Waals surface area contributed by atoms with Crippen molar-refractivity contribution in [3.8, 4) is 0 Å². The van der Waals surface area contributed by atoms with E-state index in [1.807, 2.05) is 6.07 Å². The van der Waals surface area contributed by atoms with Gasteiger partial charge in [0.2, 0.25) is 0 Å². The zero-order chi connectivity index (χ0) is 14.8. The molecule has 1 saturated carbocycles. The summed E-state index contributed by atoms with van der Waals surface area (Å²) in [7, 11) is 0. The SMILES string of the molecule is NCC(c1ccc(Br)c(Cl)c1)N1CCC2CCCCC2C1. The summed E-state index contributed by atoms with van der Waals surface area (Å²) in [6.45, 7) is 3.05. The summed E-state index contributed by atoms with van der Waals surface area (Å²) >= 11 is 9.72. The molecular formula is C17H24BrClN2. The fourth-order valence-electron chi connectivity index (χ4n) is 4.13. The lowest BCUT2D eigenvalue weighted by atomic mass is 9.74. The molecule has 0 aromatic heterocycles. The molecule has 2 N–H and O–H groups in total. The van der Waals surface area contributed by atoms with Crippen LogP contribution in [0.5, 0.6) is 0 Å². The minimum atomic E-state index is 0.304. The Bertz CT molecular complexity index is 494. The molecule has 0 bridgehead atoms. The second-order valence-electron chi connectivity index (χ2n) is 6.51. The normalized spacial score (nSPS) is 28.1. The predicted molar refractivity (Wildman–Crippen MR) is 92.6 cm³/mol. The van der Waals surface area contributed by atoms with Crippen LogP contribution in [0.4, 0.5) is 0 Å². The Morgan fingerprint density at radius 2 is 2.00 bits per heavy atom. The number of halogens is 2. The van der Waals surface area contributed by atoms with Crippen LogP contribution in [-0.2, 0) is 0 Å². The number of benzene rings is 1. The molecule has 1 saturated heterocycles. The van der Waals surface area contributed by atoms with Crippen molar-refractivity contribution >= 4 is 27.5 Å². The van der Waals surface area contributed by atoms with Crippen molar-refractivity contribution in [3.63, 3.8) is 0 Å². The van der Waals surface area contributed by atoms with Crippen molar-refractivity contribution < 1.29 is 0 Å². The molecule has 1 aromatic carbocycles. The number of fused-ring (bicyclic) bond motifs is 1. The zero-order valence-corrected chi connectivity index (χ0v) is 14.7. The van der Waals surface area contributed by atoms with Gasteiger partial charge in [0.1, 0.15) is 0 Å². The van der Waals surface area contributed by atoms with Crippen molar-refractivity contribution in [2.45, 2.75) is 38.1 Å². The highest BCUT2D eigenvalue weighted by molar-refractivity contribution is 9.10. The van der Waals surface area contributed by atoms with Crippen LogP contribution in [0, 0.1) is 11.8 Å². The molecule has 2 nitrogen and oxygen atoms in total. The van der Waals surface area contributed by atoms with Crippen LogP contribution in [0.1, 0.15) is 43.7 Å². The van der Waals surface area contributed by atoms with E-state index in [2.05, 4.69) is 33.0 Å². The molecule has 2 fully saturated rings. The Morgan fingerprint density at radius 3 is 2.71 bits per heavy atom. The highest BCUT2D eigenvalue weighted by Crippen LogP contribution is 2.39. The molecule has 1 aromatic rings. The molecule has 1 aliphatic carbocycles. The minimum Gasteiger partial charge on any atom is -0.329 e. The number of rotatable bonds is 3. The summed E-state index contributed by atoms with van der Waals surface area (Å²) in [4.78, 5) is 2.59. The fourth-order valence-corrected chi connectivity index (χ4v) is 4.56. The number of hydrogen-bond donors (Lipinski definition) is 1. The van der Waals surface area contributed by atoms with Gasteiger partial charge in [0.15, 0.2) is 0 Å². The largest absolute Gasteiger partial charge is 0.329 e. The third kappa shape index (κ3) is 3.47. The Morgan fingerprint density at radius 1 is 1.24 bits per heavy atom. The van der Waals surface area contributed by atoms with Crippen LogP contribution >= 0.6 is 27.5 Å². The third-order valence-corrected chi connectivity index (χ3v) is 6.55. The molecule has 116 valence electrons. The van der Waals surface area contributed by atoms with Gasteiger partial charge in [-0.25, -0.2) is 0 Å². The van der Waals surface area contributed by atoms with Crippen LogP contribution in [0.15, 0.2) is 22.7 Å². The fraction of sp³-hybridized carbons (Fsp3) is 0.647. The number of nitrogens with two attached hydrogens (primary N) is 1. The molecule has 0 amide bonds. The quantitative estimate of drug-likeness (QED) is 0.840. The van der Waals surface area contributed by atoms with E-state index in [0.717, 1.165) is 21.3 Å².